The molecule has 0 N–H and O–H groups in total. The van der Waals surface area contributed by atoms with Gasteiger partial charge in [-0.1, -0.05) is 48.5 Å². The summed E-state index contributed by atoms with van der Waals surface area (Å²) in [4.78, 5) is 0. The van der Waals surface area contributed by atoms with E-state index in [0.29, 0.717) is 5.75 Å². The highest BCUT2D eigenvalue weighted by Gasteiger charge is 2.47. The SMILES string of the molecule is COc1cccc(C2(S(C)(=O)=O)C=CC(F)(c3ccccc3)C(F)=C2)c1. The number of ether oxygens (including phenoxy) is 1. The summed E-state index contributed by atoms with van der Waals surface area (Å²) >= 11 is 0. The fraction of sp³-hybridized carbons (Fsp3) is 0.200. The van der Waals surface area contributed by atoms with Crippen LogP contribution in [0.5, 0.6) is 5.75 Å². The molecule has 136 valence electrons. The largest absolute Gasteiger partial charge is 0.497 e. The molecular formula is C20H18F2O3S. The Labute approximate surface area is 151 Å². The number of halogens is 2. The molecule has 0 amide bonds. The highest BCUT2D eigenvalue weighted by Crippen LogP contribution is 2.47. The number of hydrogen-bond donors (Lipinski definition) is 0. The Morgan fingerprint density at radius 1 is 0.962 bits per heavy atom. The Kier molecular flexibility index (Phi) is 4.48. The van der Waals surface area contributed by atoms with Crippen molar-refractivity contribution in [1.29, 1.82) is 0 Å². The van der Waals surface area contributed by atoms with Gasteiger partial charge >= 0.3 is 0 Å². The quantitative estimate of drug-likeness (QED) is 0.751. The van der Waals surface area contributed by atoms with Gasteiger partial charge in [0.05, 0.1) is 7.11 Å². The number of hydrogen-bond acceptors (Lipinski definition) is 3. The van der Waals surface area contributed by atoms with Crippen molar-refractivity contribution in [2.24, 2.45) is 0 Å². The molecule has 0 bridgehead atoms. The van der Waals surface area contributed by atoms with Gasteiger partial charge in [0.25, 0.3) is 0 Å². The van der Waals surface area contributed by atoms with Gasteiger partial charge in [-0.2, -0.15) is 0 Å². The summed E-state index contributed by atoms with van der Waals surface area (Å²) < 4.78 is 58.8. The molecule has 6 heteroatoms. The van der Waals surface area contributed by atoms with Crippen LogP contribution in [0.15, 0.2) is 78.7 Å². The second-order valence-electron chi connectivity index (χ2n) is 6.20. The molecule has 0 fully saturated rings. The molecular weight excluding hydrogens is 358 g/mol. The average Bonchev–Trinajstić information content (AvgIpc) is 2.64. The number of alkyl halides is 1. The Hall–Kier alpha value is -2.47. The monoisotopic (exact) mass is 376 g/mol. The number of methoxy groups -OCH3 is 1. The van der Waals surface area contributed by atoms with Crippen LogP contribution in [0.1, 0.15) is 11.1 Å². The zero-order chi connectivity index (χ0) is 19.0. The van der Waals surface area contributed by atoms with Gasteiger partial charge in [0, 0.05) is 6.26 Å². The van der Waals surface area contributed by atoms with Crippen molar-refractivity contribution in [3.8, 4) is 5.75 Å². The van der Waals surface area contributed by atoms with E-state index in [0.717, 1.165) is 18.4 Å². The molecule has 0 aliphatic heterocycles. The molecule has 0 spiro atoms. The summed E-state index contributed by atoms with van der Waals surface area (Å²) in [7, 11) is -2.41. The van der Waals surface area contributed by atoms with E-state index in [-0.39, 0.29) is 11.1 Å². The maximum atomic E-state index is 15.3. The Bertz CT molecular complexity index is 983. The van der Waals surface area contributed by atoms with Gasteiger partial charge in [-0.25, -0.2) is 17.2 Å². The molecule has 2 aromatic carbocycles. The first kappa shape index (κ1) is 18.3. The third kappa shape index (κ3) is 2.84. The third-order valence-electron chi connectivity index (χ3n) is 4.58. The summed E-state index contributed by atoms with van der Waals surface area (Å²) in [5.41, 5.74) is -2.13. The summed E-state index contributed by atoms with van der Waals surface area (Å²) in [5, 5.41) is 0. The van der Waals surface area contributed by atoms with E-state index in [1.54, 1.807) is 36.4 Å². The summed E-state index contributed by atoms with van der Waals surface area (Å²) in [5.74, 6) is -0.743. The molecule has 0 radical (unpaired) electrons. The van der Waals surface area contributed by atoms with Gasteiger partial charge in [0.1, 0.15) is 16.3 Å². The van der Waals surface area contributed by atoms with E-state index < -0.39 is 26.1 Å². The molecule has 0 heterocycles. The summed E-state index contributed by atoms with van der Waals surface area (Å²) in [6, 6.07) is 14.1. The van der Waals surface area contributed by atoms with E-state index >= 15 is 4.39 Å². The van der Waals surface area contributed by atoms with Crippen molar-refractivity contribution < 1.29 is 21.9 Å². The number of sulfone groups is 1. The second-order valence-corrected chi connectivity index (χ2v) is 8.42. The van der Waals surface area contributed by atoms with Crippen molar-refractivity contribution in [1.82, 2.24) is 0 Å². The van der Waals surface area contributed by atoms with Gasteiger partial charge in [0.15, 0.2) is 9.84 Å². The minimum absolute atomic E-state index is 0.0951. The molecule has 2 atom stereocenters. The van der Waals surface area contributed by atoms with Crippen LogP contribution in [0.3, 0.4) is 0 Å². The molecule has 1 aliphatic rings. The highest BCUT2D eigenvalue weighted by molar-refractivity contribution is 7.92. The lowest BCUT2D eigenvalue weighted by Crippen LogP contribution is -2.36. The van der Waals surface area contributed by atoms with Gasteiger partial charge in [-0.15, -0.1) is 0 Å². The molecule has 26 heavy (non-hydrogen) atoms. The lowest BCUT2D eigenvalue weighted by Gasteiger charge is -2.33. The Morgan fingerprint density at radius 2 is 1.62 bits per heavy atom. The standard InChI is InChI=1S/C20H18F2O3S/c1-25-17-10-6-9-16(13-17)19(26(2,23)24)11-12-20(22,18(21)14-19)15-7-4-3-5-8-15/h3-14H,1-2H3. The normalized spacial score (nSPS) is 25.6. The smallest absolute Gasteiger partial charge is 0.205 e. The molecule has 3 rings (SSSR count). The van der Waals surface area contributed by atoms with Crippen LogP contribution in [0.25, 0.3) is 0 Å². The summed E-state index contributed by atoms with van der Waals surface area (Å²) in [6.45, 7) is 0. The van der Waals surface area contributed by atoms with Crippen molar-refractivity contribution in [2.45, 2.75) is 10.4 Å². The maximum Gasteiger partial charge on any atom is 0.205 e. The van der Waals surface area contributed by atoms with Gasteiger partial charge in [0.2, 0.25) is 5.67 Å². The molecule has 0 saturated carbocycles. The molecule has 0 saturated heterocycles. The number of benzene rings is 2. The van der Waals surface area contributed by atoms with E-state index in [1.807, 2.05) is 0 Å². The minimum atomic E-state index is -3.86. The fourth-order valence-electron chi connectivity index (χ4n) is 3.06. The third-order valence-corrected chi connectivity index (χ3v) is 6.29. The van der Waals surface area contributed by atoms with Gasteiger partial charge in [-0.3, -0.25) is 0 Å². The topological polar surface area (TPSA) is 43.4 Å². The van der Waals surface area contributed by atoms with Gasteiger partial charge < -0.3 is 4.74 Å². The zero-order valence-corrected chi connectivity index (χ0v) is 15.1. The van der Waals surface area contributed by atoms with E-state index in [4.69, 9.17) is 4.74 Å². The average molecular weight is 376 g/mol. The van der Waals surface area contributed by atoms with Crippen LogP contribution in [0.2, 0.25) is 0 Å². The van der Waals surface area contributed by atoms with Crippen LogP contribution in [-0.4, -0.2) is 21.8 Å². The van der Waals surface area contributed by atoms with Crippen LogP contribution < -0.4 is 4.74 Å². The van der Waals surface area contributed by atoms with Gasteiger partial charge in [-0.05, 0) is 35.4 Å². The van der Waals surface area contributed by atoms with Crippen molar-refractivity contribution in [3.63, 3.8) is 0 Å². The Balaban J connectivity index is 2.20. The first-order chi connectivity index (χ1) is 12.2. The first-order valence-electron chi connectivity index (χ1n) is 7.91. The first-order valence-corrected chi connectivity index (χ1v) is 9.80. The molecule has 3 nitrogen and oxygen atoms in total. The maximum absolute atomic E-state index is 15.3. The highest BCUT2D eigenvalue weighted by atomic mass is 32.2. The van der Waals surface area contributed by atoms with E-state index in [2.05, 4.69) is 0 Å². The molecule has 0 aromatic heterocycles. The van der Waals surface area contributed by atoms with Crippen LogP contribution in [0, 0.1) is 0 Å². The lowest BCUT2D eigenvalue weighted by molar-refractivity contribution is 0.232. The second kappa shape index (κ2) is 6.36. The van der Waals surface area contributed by atoms with Crippen LogP contribution >= 0.6 is 0 Å². The predicted octanol–water partition coefficient (Wildman–Crippen LogP) is 4.22. The van der Waals surface area contributed by atoms with E-state index in [9.17, 15) is 12.8 Å². The lowest BCUT2D eigenvalue weighted by atomic mass is 9.84. The fourth-order valence-corrected chi connectivity index (χ4v) is 4.25. The minimum Gasteiger partial charge on any atom is -0.497 e. The summed E-state index contributed by atoms with van der Waals surface area (Å²) in [6.07, 6.45) is 4.00. The molecule has 1 aliphatic carbocycles. The van der Waals surface area contributed by atoms with Crippen LogP contribution in [0.4, 0.5) is 8.78 Å². The molecule has 2 aromatic rings. The van der Waals surface area contributed by atoms with Crippen molar-refractivity contribution >= 4 is 9.84 Å². The van der Waals surface area contributed by atoms with E-state index in [1.165, 1.54) is 31.4 Å². The number of allylic oxidation sites excluding steroid dienone is 2. The van der Waals surface area contributed by atoms with Crippen molar-refractivity contribution in [3.05, 3.63) is 89.8 Å². The zero-order valence-electron chi connectivity index (χ0n) is 14.3. The van der Waals surface area contributed by atoms with Crippen LogP contribution in [-0.2, 0) is 20.3 Å². The predicted molar refractivity (Wildman–Crippen MR) is 97.1 cm³/mol. The molecule has 2 unspecified atom stereocenters. The Morgan fingerprint density at radius 3 is 2.19 bits per heavy atom. The van der Waals surface area contributed by atoms with Crippen molar-refractivity contribution in [2.75, 3.05) is 13.4 Å². The number of rotatable bonds is 4.